The van der Waals surface area contributed by atoms with Crippen molar-refractivity contribution in [1.82, 2.24) is 10.3 Å². The van der Waals surface area contributed by atoms with Gasteiger partial charge < -0.3 is 9.73 Å². The highest BCUT2D eigenvalue weighted by Crippen LogP contribution is 2.25. The summed E-state index contributed by atoms with van der Waals surface area (Å²) < 4.78 is 5.09. The molecule has 0 fully saturated rings. The Hall–Kier alpha value is -3.66. The monoisotopic (exact) mass is 368 g/mol. The van der Waals surface area contributed by atoms with Crippen molar-refractivity contribution in [1.29, 1.82) is 0 Å². The van der Waals surface area contributed by atoms with Gasteiger partial charge in [0.05, 0.1) is 24.1 Å². The number of amides is 1. The van der Waals surface area contributed by atoms with E-state index < -0.39 is 0 Å². The lowest BCUT2D eigenvalue weighted by molar-refractivity contribution is -0.121. The number of furan rings is 1. The van der Waals surface area contributed by atoms with Crippen LogP contribution < -0.4 is 5.32 Å². The van der Waals surface area contributed by atoms with Gasteiger partial charge in [-0.3, -0.25) is 9.78 Å². The van der Waals surface area contributed by atoms with Crippen LogP contribution in [0.2, 0.25) is 0 Å². The molecule has 1 amide bonds. The largest absolute Gasteiger partial charge is 0.472 e. The third-order valence-electron chi connectivity index (χ3n) is 4.64. The van der Waals surface area contributed by atoms with Crippen molar-refractivity contribution >= 4 is 5.91 Å². The molecular weight excluding hydrogens is 348 g/mol. The molecule has 0 atom stereocenters. The Bertz CT molecular complexity index is 972. The van der Waals surface area contributed by atoms with E-state index in [0.717, 1.165) is 27.9 Å². The van der Waals surface area contributed by atoms with Crippen LogP contribution in [0.4, 0.5) is 0 Å². The lowest BCUT2D eigenvalue weighted by Gasteiger charge is -2.18. The van der Waals surface area contributed by atoms with E-state index in [0.29, 0.717) is 6.54 Å². The van der Waals surface area contributed by atoms with Crippen LogP contribution in [-0.2, 0) is 11.3 Å². The summed E-state index contributed by atoms with van der Waals surface area (Å²) in [6.07, 6.45) is 5.06. The Balaban J connectivity index is 1.49. The van der Waals surface area contributed by atoms with Crippen LogP contribution in [0.1, 0.15) is 22.6 Å². The van der Waals surface area contributed by atoms with E-state index in [2.05, 4.69) is 10.3 Å². The number of benzene rings is 2. The molecule has 2 aromatic heterocycles. The van der Waals surface area contributed by atoms with E-state index >= 15 is 0 Å². The quantitative estimate of drug-likeness (QED) is 0.532. The Morgan fingerprint density at radius 1 is 0.893 bits per heavy atom. The molecule has 0 unspecified atom stereocenters. The minimum Gasteiger partial charge on any atom is -0.472 e. The molecule has 0 bridgehead atoms. The third-order valence-corrected chi connectivity index (χ3v) is 4.64. The molecule has 0 aliphatic rings. The molecule has 2 aromatic carbocycles. The highest BCUT2D eigenvalue weighted by Gasteiger charge is 2.22. The number of aromatic nitrogens is 1. The number of carbonyl (C=O) groups excluding carboxylic acids is 1. The van der Waals surface area contributed by atoms with E-state index in [4.69, 9.17) is 4.42 Å². The second-order valence-electron chi connectivity index (χ2n) is 6.54. The van der Waals surface area contributed by atoms with Crippen molar-refractivity contribution < 1.29 is 9.21 Å². The molecule has 4 rings (SSSR count). The topological polar surface area (TPSA) is 55.1 Å². The normalized spacial score (nSPS) is 10.8. The smallest absolute Gasteiger partial charge is 0.232 e. The Kier molecular flexibility index (Phi) is 5.29. The van der Waals surface area contributed by atoms with Crippen molar-refractivity contribution in [3.05, 3.63) is 114 Å². The zero-order chi connectivity index (χ0) is 19.2. The summed E-state index contributed by atoms with van der Waals surface area (Å²) in [4.78, 5) is 17.5. The van der Waals surface area contributed by atoms with E-state index in [-0.39, 0.29) is 11.8 Å². The molecule has 4 nitrogen and oxygen atoms in total. The van der Waals surface area contributed by atoms with Crippen LogP contribution in [0.15, 0.2) is 102 Å². The van der Waals surface area contributed by atoms with Crippen molar-refractivity contribution in [2.75, 3.05) is 0 Å². The molecule has 0 radical (unpaired) electrons. The summed E-state index contributed by atoms with van der Waals surface area (Å²) in [5.74, 6) is -0.378. The zero-order valence-corrected chi connectivity index (χ0v) is 15.3. The molecule has 28 heavy (non-hydrogen) atoms. The first-order chi connectivity index (χ1) is 13.8. The van der Waals surface area contributed by atoms with Gasteiger partial charge in [0, 0.05) is 18.3 Å². The van der Waals surface area contributed by atoms with Gasteiger partial charge in [0.15, 0.2) is 0 Å². The number of pyridine rings is 1. The lowest BCUT2D eigenvalue weighted by Crippen LogP contribution is -2.29. The summed E-state index contributed by atoms with van der Waals surface area (Å²) in [6.45, 7) is 0.424. The molecule has 0 saturated carbocycles. The van der Waals surface area contributed by atoms with E-state index in [1.165, 1.54) is 0 Å². The zero-order valence-electron chi connectivity index (χ0n) is 15.3. The average Bonchev–Trinajstić information content (AvgIpc) is 3.29. The number of nitrogens with one attached hydrogen (secondary N) is 1. The van der Waals surface area contributed by atoms with Gasteiger partial charge in [-0.05, 0) is 28.8 Å². The SMILES string of the molecule is O=C(NCc1ccc(-c2ccoc2)nc1)C(c1ccccc1)c1ccccc1. The Labute approximate surface area is 163 Å². The second-order valence-corrected chi connectivity index (χ2v) is 6.54. The van der Waals surface area contributed by atoms with Gasteiger partial charge in [-0.2, -0.15) is 0 Å². The van der Waals surface area contributed by atoms with Gasteiger partial charge in [-0.15, -0.1) is 0 Å². The molecule has 138 valence electrons. The van der Waals surface area contributed by atoms with Gasteiger partial charge >= 0.3 is 0 Å². The van der Waals surface area contributed by atoms with Crippen LogP contribution in [0.5, 0.6) is 0 Å². The molecule has 0 spiro atoms. The van der Waals surface area contributed by atoms with Crippen LogP contribution >= 0.6 is 0 Å². The predicted molar refractivity (Wildman–Crippen MR) is 109 cm³/mol. The third kappa shape index (κ3) is 4.01. The van der Waals surface area contributed by atoms with Gasteiger partial charge in [-0.1, -0.05) is 66.7 Å². The fraction of sp³-hybridized carbons (Fsp3) is 0.0833. The predicted octanol–water partition coefficient (Wildman–Crippen LogP) is 4.79. The highest BCUT2D eigenvalue weighted by atomic mass is 16.3. The number of nitrogens with zero attached hydrogens (tertiary/aromatic N) is 1. The van der Waals surface area contributed by atoms with Crippen LogP contribution in [0, 0.1) is 0 Å². The van der Waals surface area contributed by atoms with Gasteiger partial charge in [-0.25, -0.2) is 0 Å². The second kappa shape index (κ2) is 8.35. The molecule has 0 aliphatic carbocycles. The lowest BCUT2D eigenvalue weighted by atomic mass is 9.90. The summed E-state index contributed by atoms with van der Waals surface area (Å²) >= 11 is 0. The number of hydrogen-bond donors (Lipinski definition) is 1. The van der Waals surface area contributed by atoms with Crippen molar-refractivity contribution in [2.45, 2.75) is 12.5 Å². The molecule has 2 heterocycles. The molecule has 4 heteroatoms. The summed E-state index contributed by atoms with van der Waals surface area (Å²) in [6, 6.07) is 25.4. The van der Waals surface area contributed by atoms with Gasteiger partial charge in [0.25, 0.3) is 0 Å². The van der Waals surface area contributed by atoms with Crippen molar-refractivity contribution in [2.24, 2.45) is 0 Å². The number of rotatable bonds is 6. The van der Waals surface area contributed by atoms with E-state index in [9.17, 15) is 4.79 Å². The molecule has 1 N–H and O–H groups in total. The number of carbonyl (C=O) groups is 1. The van der Waals surface area contributed by atoms with Crippen LogP contribution in [0.3, 0.4) is 0 Å². The summed E-state index contributed by atoms with van der Waals surface area (Å²) in [5.41, 5.74) is 4.67. The van der Waals surface area contributed by atoms with Crippen LogP contribution in [-0.4, -0.2) is 10.9 Å². The van der Waals surface area contributed by atoms with Crippen molar-refractivity contribution in [3.63, 3.8) is 0 Å². The molecular formula is C24H20N2O2. The van der Waals surface area contributed by atoms with Gasteiger partial charge in [0.1, 0.15) is 0 Å². The summed E-state index contributed by atoms with van der Waals surface area (Å²) in [7, 11) is 0. The number of hydrogen-bond acceptors (Lipinski definition) is 3. The molecule has 0 aliphatic heterocycles. The standard InChI is InChI=1S/C24H20N2O2/c27-24(23(19-7-3-1-4-8-19)20-9-5-2-6-10-20)26-16-18-11-12-22(25-15-18)21-13-14-28-17-21/h1-15,17,23H,16H2,(H,26,27). The minimum absolute atomic E-state index is 0.0312. The first kappa shape index (κ1) is 17.7. The maximum Gasteiger partial charge on any atom is 0.232 e. The summed E-state index contributed by atoms with van der Waals surface area (Å²) in [5, 5.41) is 3.05. The Morgan fingerprint density at radius 2 is 1.57 bits per heavy atom. The maximum absolute atomic E-state index is 13.0. The fourth-order valence-electron chi connectivity index (χ4n) is 3.19. The first-order valence-electron chi connectivity index (χ1n) is 9.16. The fourth-order valence-corrected chi connectivity index (χ4v) is 3.19. The highest BCUT2D eigenvalue weighted by molar-refractivity contribution is 5.87. The molecule has 0 saturated heterocycles. The Morgan fingerprint density at radius 3 is 2.11 bits per heavy atom. The van der Waals surface area contributed by atoms with Gasteiger partial charge in [0.2, 0.25) is 5.91 Å². The average molecular weight is 368 g/mol. The molecule has 4 aromatic rings. The first-order valence-corrected chi connectivity index (χ1v) is 9.16. The van der Waals surface area contributed by atoms with E-state index in [1.807, 2.05) is 78.9 Å². The minimum atomic E-state index is -0.347. The van der Waals surface area contributed by atoms with Crippen molar-refractivity contribution in [3.8, 4) is 11.3 Å². The maximum atomic E-state index is 13.0. The van der Waals surface area contributed by atoms with Crippen LogP contribution in [0.25, 0.3) is 11.3 Å². The van der Waals surface area contributed by atoms with E-state index in [1.54, 1.807) is 18.7 Å².